The van der Waals surface area contributed by atoms with Crippen molar-refractivity contribution in [3.8, 4) is 6.01 Å². The molecule has 0 unspecified atom stereocenters. The van der Waals surface area contributed by atoms with Crippen LogP contribution in [0.3, 0.4) is 0 Å². The Hall–Kier alpha value is -3.72. The Kier molecular flexibility index (Phi) is 7.77. The number of nitrogens with one attached hydrogen (secondary N) is 2. The lowest BCUT2D eigenvalue weighted by Gasteiger charge is -2.22. The monoisotopic (exact) mass is 477 g/mol. The van der Waals surface area contributed by atoms with E-state index >= 15 is 0 Å². The number of nitrogens with zero attached hydrogens (tertiary/aromatic N) is 3. The molecule has 0 radical (unpaired) electrons. The maximum absolute atomic E-state index is 13.3. The molecule has 1 aliphatic rings. The fourth-order valence-electron chi connectivity index (χ4n) is 4.32. The number of carbonyl (C=O) groups excluding carboxylic acids is 2. The van der Waals surface area contributed by atoms with Gasteiger partial charge >= 0.3 is 6.01 Å². The van der Waals surface area contributed by atoms with E-state index in [2.05, 4.69) is 20.6 Å². The molecule has 2 amide bonds. The Morgan fingerprint density at radius 2 is 1.69 bits per heavy atom. The molecule has 1 aliphatic heterocycles. The van der Waals surface area contributed by atoms with E-state index in [-0.39, 0.29) is 36.5 Å². The lowest BCUT2D eigenvalue weighted by atomic mass is 10.0. The summed E-state index contributed by atoms with van der Waals surface area (Å²) in [4.78, 5) is 34.9. The molecule has 1 aromatic carbocycles. The first kappa shape index (κ1) is 24.4. The fourth-order valence-corrected chi connectivity index (χ4v) is 4.32. The summed E-state index contributed by atoms with van der Waals surface area (Å²) in [5.74, 6) is -0.477. The van der Waals surface area contributed by atoms with Crippen molar-refractivity contribution in [2.75, 3.05) is 13.7 Å². The molecule has 0 bridgehead atoms. The van der Waals surface area contributed by atoms with Crippen molar-refractivity contribution in [2.24, 2.45) is 0 Å². The molecule has 35 heavy (non-hydrogen) atoms. The zero-order valence-electron chi connectivity index (χ0n) is 20.3. The van der Waals surface area contributed by atoms with E-state index < -0.39 is 0 Å². The summed E-state index contributed by atoms with van der Waals surface area (Å²) in [6.07, 6.45) is 4.69. The Morgan fingerprint density at radius 1 is 1.03 bits per heavy atom. The Balaban J connectivity index is 1.57. The van der Waals surface area contributed by atoms with E-state index in [0.717, 1.165) is 17.5 Å². The number of carbonyl (C=O) groups is 2. The van der Waals surface area contributed by atoms with E-state index in [1.807, 2.05) is 48.7 Å². The maximum Gasteiger partial charge on any atom is 0.316 e. The van der Waals surface area contributed by atoms with Gasteiger partial charge in [-0.15, -0.1) is 0 Å². The number of methoxy groups -OCH3 is 1. The van der Waals surface area contributed by atoms with Crippen molar-refractivity contribution < 1.29 is 19.1 Å². The zero-order chi connectivity index (χ0) is 24.8. The lowest BCUT2D eigenvalue weighted by molar-refractivity contribution is 0.0773. The zero-order valence-corrected chi connectivity index (χ0v) is 20.3. The average Bonchev–Trinajstić information content (AvgIpc) is 3.31. The van der Waals surface area contributed by atoms with E-state index in [0.29, 0.717) is 36.5 Å². The van der Waals surface area contributed by atoms with Crippen LogP contribution in [0.25, 0.3) is 0 Å². The van der Waals surface area contributed by atoms with Crippen LogP contribution in [-0.2, 0) is 17.9 Å². The molecule has 3 heterocycles. The number of ether oxygens (including phenoxy) is 2. The van der Waals surface area contributed by atoms with Crippen LogP contribution < -0.4 is 15.4 Å². The second-order valence-electron chi connectivity index (χ2n) is 8.38. The first-order valence-corrected chi connectivity index (χ1v) is 11.9. The molecule has 0 saturated heterocycles. The summed E-state index contributed by atoms with van der Waals surface area (Å²) < 4.78 is 12.5. The largest absolute Gasteiger partial charge is 0.467 e. The maximum atomic E-state index is 13.3. The number of hydrogen-bond acceptors (Lipinski definition) is 6. The van der Waals surface area contributed by atoms with Crippen LogP contribution in [0.4, 0.5) is 0 Å². The topological polar surface area (TPSA) is 107 Å². The van der Waals surface area contributed by atoms with Crippen molar-refractivity contribution in [3.05, 3.63) is 76.9 Å². The highest BCUT2D eigenvalue weighted by Crippen LogP contribution is 2.24. The Morgan fingerprint density at radius 3 is 2.34 bits per heavy atom. The molecule has 0 saturated carbocycles. The molecule has 9 heteroatoms. The fraction of sp³-hybridized carbons (Fsp3) is 0.385. The van der Waals surface area contributed by atoms with E-state index in [1.54, 1.807) is 18.5 Å². The molecule has 184 valence electrons. The van der Waals surface area contributed by atoms with Gasteiger partial charge in [0.05, 0.1) is 43.7 Å². The Labute approximate surface area is 204 Å². The van der Waals surface area contributed by atoms with Gasteiger partial charge in [0.2, 0.25) is 0 Å². The molecular weight excluding hydrogens is 446 g/mol. The molecule has 0 spiro atoms. The van der Waals surface area contributed by atoms with Gasteiger partial charge in [0.25, 0.3) is 11.8 Å². The van der Waals surface area contributed by atoms with Gasteiger partial charge < -0.3 is 24.7 Å². The summed E-state index contributed by atoms with van der Waals surface area (Å²) in [5.41, 5.74) is 3.42. The van der Waals surface area contributed by atoms with Crippen LogP contribution in [0.2, 0.25) is 0 Å². The van der Waals surface area contributed by atoms with Crippen LogP contribution in [-0.4, -0.2) is 40.1 Å². The average molecular weight is 478 g/mol. The third-order valence-corrected chi connectivity index (χ3v) is 6.25. The van der Waals surface area contributed by atoms with Crippen LogP contribution >= 0.6 is 0 Å². The van der Waals surface area contributed by atoms with Crippen molar-refractivity contribution >= 4 is 11.8 Å². The van der Waals surface area contributed by atoms with Crippen molar-refractivity contribution in [1.29, 1.82) is 0 Å². The molecule has 2 aromatic heterocycles. The second kappa shape index (κ2) is 11.1. The molecule has 9 nitrogen and oxygen atoms in total. The van der Waals surface area contributed by atoms with Gasteiger partial charge in [-0.1, -0.05) is 44.2 Å². The van der Waals surface area contributed by atoms with Crippen molar-refractivity contribution in [2.45, 2.75) is 51.9 Å². The van der Waals surface area contributed by atoms with Crippen molar-refractivity contribution in [3.63, 3.8) is 0 Å². The molecule has 2 N–H and O–H groups in total. The van der Waals surface area contributed by atoms with Crippen LogP contribution in [0, 0.1) is 0 Å². The smallest absolute Gasteiger partial charge is 0.316 e. The summed E-state index contributed by atoms with van der Waals surface area (Å²) >= 11 is 0. The second-order valence-corrected chi connectivity index (χ2v) is 8.38. The van der Waals surface area contributed by atoms with Gasteiger partial charge in [0, 0.05) is 24.5 Å². The third-order valence-electron chi connectivity index (χ3n) is 6.25. The van der Waals surface area contributed by atoms with Gasteiger partial charge in [-0.25, -0.2) is 9.97 Å². The summed E-state index contributed by atoms with van der Waals surface area (Å²) in [6, 6.07) is 11.4. The minimum atomic E-state index is -0.284. The van der Waals surface area contributed by atoms with Gasteiger partial charge in [0.1, 0.15) is 5.69 Å². The predicted molar refractivity (Wildman–Crippen MR) is 130 cm³/mol. The molecule has 3 aromatic rings. The molecule has 4 rings (SSSR count). The molecule has 0 aliphatic carbocycles. The minimum Gasteiger partial charge on any atom is -0.467 e. The van der Waals surface area contributed by atoms with Gasteiger partial charge in [0.15, 0.2) is 0 Å². The number of aromatic nitrogens is 3. The number of fused-ring (bicyclic) bond motifs is 1. The van der Waals surface area contributed by atoms with Gasteiger partial charge in [-0.3, -0.25) is 9.59 Å². The normalized spacial score (nSPS) is 14.5. The standard InChI is InChI=1S/C26H31N5O4/c1-4-20(17-9-7-6-8-10-17)30-25(33)22-13-19(23-16-35-12-11-31(22)23)24(32)29-21(5-2)18-14-27-26(34-3)28-15-18/h6-10,13-15,20-21H,4-5,11-12,16H2,1-3H3,(H,29,32)(H,30,33)/t20-,21+/m1/s1. The third kappa shape index (κ3) is 5.35. The SMILES string of the molecule is CC[C@H](NC(=O)c1cc(C(=O)N[C@H](CC)c2ccccc2)n2c1COCC2)c1cnc(OC)nc1. The van der Waals surface area contributed by atoms with Crippen LogP contribution in [0.15, 0.2) is 48.8 Å². The first-order valence-electron chi connectivity index (χ1n) is 11.9. The van der Waals surface area contributed by atoms with Gasteiger partial charge in [-0.2, -0.15) is 0 Å². The summed E-state index contributed by atoms with van der Waals surface area (Å²) in [6.45, 7) is 5.28. The van der Waals surface area contributed by atoms with E-state index in [1.165, 1.54) is 7.11 Å². The van der Waals surface area contributed by atoms with Crippen molar-refractivity contribution in [1.82, 2.24) is 25.2 Å². The lowest BCUT2D eigenvalue weighted by Crippen LogP contribution is -2.31. The first-order chi connectivity index (χ1) is 17.0. The quantitative estimate of drug-likeness (QED) is 0.488. The highest BCUT2D eigenvalue weighted by atomic mass is 16.5. The Bertz CT molecular complexity index is 1160. The molecule has 2 atom stereocenters. The van der Waals surface area contributed by atoms with Gasteiger partial charge in [-0.05, 0) is 24.5 Å². The van der Waals surface area contributed by atoms with Crippen LogP contribution in [0.1, 0.15) is 76.4 Å². The number of hydrogen-bond donors (Lipinski definition) is 2. The number of rotatable bonds is 9. The summed E-state index contributed by atoms with van der Waals surface area (Å²) in [7, 11) is 1.50. The van der Waals surface area contributed by atoms with Crippen LogP contribution in [0.5, 0.6) is 6.01 Å². The minimum absolute atomic E-state index is 0.119. The summed E-state index contributed by atoms with van der Waals surface area (Å²) in [5, 5.41) is 6.19. The highest BCUT2D eigenvalue weighted by Gasteiger charge is 2.28. The highest BCUT2D eigenvalue weighted by molar-refractivity contribution is 6.01. The van der Waals surface area contributed by atoms with E-state index in [9.17, 15) is 9.59 Å². The molecular formula is C26H31N5O4. The predicted octanol–water partition coefficient (Wildman–Crippen LogP) is 3.58. The molecule has 0 fully saturated rings. The number of benzene rings is 1. The van der Waals surface area contributed by atoms with E-state index in [4.69, 9.17) is 9.47 Å². The number of amides is 2.